The van der Waals surface area contributed by atoms with E-state index in [0.717, 1.165) is 67.1 Å². The molecule has 2 aliphatic heterocycles. The molecule has 0 aliphatic carbocycles. The van der Waals surface area contributed by atoms with Gasteiger partial charge in [0.1, 0.15) is 30.5 Å². The van der Waals surface area contributed by atoms with Crippen LogP contribution in [0, 0.1) is 13.8 Å². The third-order valence-electron chi connectivity index (χ3n) is 13.3. The molecule has 5 N–H and O–H groups in total. The molecule has 0 bridgehead atoms. The van der Waals surface area contributed by atoms with Gasteiger partial charge >= 0.3 is 12.0 Å². The van der Waals surface area contributed by atoms with Crippen LogP contribution < -0.4 is 25.4 Å². The predicted octanol–water partition coefficient (Wildman–Crippen LogP) is 8.02. The number of nitrogens with zero attached hydrogens (tertiary/aromatic N) is 4. The highest BCUT2D eigenvalue weighted by atomic mass is 16.5. The van der Waals surface area contributed by atoms with E-state index in [1.54, 1.807) is 36.5 Å². The van der Waals surface area contributed by atoms with Gasteiger partial charge in [-0.2, -0.15) is 5.10 Å². The summed E-state index contributed by atoms with van der Waals surface area (Å²) in [7, 11) is 1.59. The molecule has 2 aromatic heterocycles. The van der Waals surface area contributed by atoms with Gasteiger partial charge in [0.05, 0.1) is 36.7 Å². The molecule has 5 aromatic rings. The number of ketones is 1. The summed E-state index contributed by atoms with van der Waals surface area (Å²) in [6, 6.07) is 18.2. The van der Waals surface area contributed by atoms with Gasteiger partial charge in [0.2, 0.25) is 0 Å². The first-order chi connectivity index (χ1) is 34.9. The molecule has 1 saturated heterocycles. The maximum absolute atomic E-state index is 14.1. The number of benzene rings is 3. The highest BCUT2D eigenvalue weighted by molar-refractivity contribution is 6.35. The fourth-order valence-corrected chi connectivity index (χ4v) is 9.16. The molecule has 1 fully saturated rings. The average Bonchev–Trinajstić information content (AvgIpc) is 4.21. The third kappa shape index (κ3) is 14.2. The van der Waals surface area contributed by atoms with Crippen molar-refractivity contribution in [2.75, 3.05) is 83.3 Å². The molecule has 17 nitrogen and oxygen atoms in total. The highest BCUT2D eigenvalue weighted by Gasteiger charge is 2.27. The lowest BCUT2D eigenvalue weighted by Crippen LogP contribution is -2.37. The number of aromatic amines is 2. The van der Waals surface area contributed by atoms with Crippen LogP contribution in [0.4, 0.5) is 16.2 Å². The fraction of sp³-hybridized carbons (Fsp3) is 0.418. The number of H-pyrrole nitrogens is 2. The number of aryl methyl sites for hydroxylation is 1. The Hall–Kier alpha value is -7.24. The second-order valence-corrected chi connectivity index (χ2v) is 18.3. The number of Topliss-reactive ketones (excluding diaryl/α,β-unsaturated/α-hetero) is 1. The Morgan fingerprint density at radius 2 is 1.71 bits per heavy atom. The standard InChI is InChI=1S/C55H69N9O8/c1-6-62(7-2)24-21-56-54(68)52-37(3)49(59-38(52)4)33-46-45-31-39(17-19-47(45)60-53(46)67)29-43(65)14-8-9-16-51(66)72-28-26-64(36-40-13-12-15-44(30-40)70-5)55(69)61-48-20-18-41(42-34-57-58-35-42)32-50(48)71-27-25-63-22-10-11-23-63/h12-13,15,17-20,30-35,59H,6-11,14,16,21-29,36H2,1-5H3,(H,56,68)(H,57,58)(H,60,67)(H,61,69)/b46-33-. The quantitative estimate of drug-likeness (QED) is 0.0204. The van der Waals surface area contributed by atoms with E-state index in [4.69, 9.17) is 14.2 Å². The highest BCUT2D eigenvalue weighted by Crippen LogP contribution is 2.35. The fourth-order valence-electron chi connectivity index (χ4n) is 9.16. The van der Waals surface area contributed by atoms with Crippen LogP contribution in [-0.2, 0) is 32.1 Å². The number of likely N-dealkylation sites (N-methyl/N-ethyl adjacent to an activating group) is 1. The molecule has 4 amide bonds. The Bertz CT molecular complexity index is 2700. The summed E-state index contributed by atoms with van der Waals surface area (Å²) in [5.74, 6) is 0.355. The Kier molecular flexibility index (Phi) is 18.8. The molecule has 7 rings (SSSR count). The van der Waals surface area contributed by atoms with E-state index >= 15 is 0 Å². The molecule has 382 valence electrons. The number of methoxy groups -OCH3 is 1. The SMILES string of the molecule is CCN(CC)CCNC(=O)c1c(C)[nH]c(/C=C2\C(=O)Nc3ccc(CC(=O)CCCCC(=O)OCCN(Cc4cccc(OC)c4)C(=O)Nc4ccc(-c5cn[nH]c5)cc4OCCN4CCCC4)cc32)c1C. The van der Waals surface area contributed by atoms with Crippen molar-refractivity contribution < 1.29 is 38.2 Å². The summed E-state index contributed by atoms with van der Waals surface area (Å²) < 4.78 is 17.4. The van der Waals surface area contributed by atoms with E-state index in [-0.39, 0.29) is 56.6 Å². The number of hydrogen-bond acceptors (Lipinski definition) is 11. The topological polar surface area (TPSA) is 203 Å². The zero-order valence-electron chi connectivity index (χ0n) is 42.3. The summed E-state index contributed by atoms with van der Waals surface area (Å²) >= 11 is 0. The van der Waals surface area contributed by atoms with Crippen molar-refractivity contribution in [1.29, 1.82) is 0 Å². The summed E-state index contributed by atoms with van der Waals surface area (Å²) in [6.45, 7) is 14.7. The summed E-state index contributed by atoms with van der Waals surface area (Å²) in [6.07, 6.45) is 9.16. The van der Waals surface area contributed by atoms with Crippen molar-refractivity contribution in [3.8, 4) is 22.6 Å². The summed E-state index contributed by atoms with van der Waals surface area (Å²) in [5, 5.41) is 15.9. The van der Waals surface area contributed by atoms with Crippen molar-refractivity contribution in [1.82, 2.24) is 35.2 Å². The molecule has 0 atom stereocenters. The van der Waals surface area contributed by atoms with Crippen LogP contribution in [0.2, 0.25) is 0 Å². The summed E-state index contributed by atoms with van der Waals surface area (Å²) in [4.78, 5) is 76.1. The van der Waals surface area contributed by atoms with Crippen LogP contribution in [0.1, 0.15) is 96.4 Å². The first-order valence-electron chi connectivity index (χ1n) is 25.1. The molecule has 72 heavy (non-hydrogen) atoms. The van der Waals surface area contributed by atoms with E-state index < -0.39 is 12.0 Å². The molecule has 2 aliphatic rings. The van der Waals surface area contributed by atoms with Crippen LogP contribution in [0.25, 0.3) is 22.8 Å². The van der Waals surface area contributed by atoms with E-state index in [1.165, 1.54) is 12.8 Å². The monoisotopic (exact) mass is 984 g/mol. The van der Waals surface area contributed by atoms with Gasteiger partial charge in [-0.15, -0.1) is 0 Å². The number of rotatable bonds is 26. The van der Waals surface area contributed by atoms with Gasteiger partial charge in [-0.3, -0.25) is 29.2 Å². The number of esters is 1. The number of unbranched alkanes of at least 4 members (excludes halogenated alkanes) is 1. The van der Waals surface area contributed by atoms with Gasteiger partial charge in [0, 0.05) is 79.8 Å². The van der Waals surface area contributed by atoms with Crippen LogP contribution >= 0.6 is 0 Å². The number of anilines is 2. The molecule has 17 heteroatoms. The van der Waals surface area contributed by atoms with Crippen molar-refractivity contribution in [2.24, 2.45) is 0 Å². The van der Waals surface area contributed by atoms with Gasteiger partial charge in [0.25, 0.3) is 11.8 Å². The van der Waals surface area contributed by atoms with E-state index in [2.05, 4.69) is 54.8 Å². The van der Waals surface area contributed by atoms with Gasteiger partial charge in [-0.25, -0.2) is 4.79 Å². The lowest BCUT2D eigenvalue weighted by molar-refractivity contribution is -0.144. The minimum Gasteiger partial charge on any atom is -0.497 e. The number of ether oxygens (including phenoxy) is 3. The Balaban J connectivity index is 0.902. The average molecular weight is 984 g/mol. The van der Waals surface area contributed by atoms with E-state index in [9.17, 15) is 24.0 Å². The van der Waals surface area contributed by atoms with Crippen molar-refractivity contribution in [2.45, 2.75) is 79.2 Å². The lowest BCUT2D eigenvalue weighted by Gasteiger charge is -2.24. The number of hydrogen-bond donors (Lipinski definition) is 5. The molecule has 0 unspecified atom stereocenters. The smallest absolute Gasteiger partial charge is 0.322 e. The Morgan fingerprint density at radius 3 is 2.47 bits per heavy atom. The molecule has 0 spiro atoms. The summed E-state index contributed by atoms with van der Waals surface area (Å²) in [5.41, 5.74) is 8.37. The molecule has 0 radical (unpaired) electrons. The minimum absolute atomic E-state index is 0.00841. The van der Waals surface area contributed by atoms with Gasteiger partial charge < -0.3 is 44.9 Å². The molecule has 0 saturated carbocycles. The number of nitrogens with one attached hydrogen (secondary N) is 5. The largest absolute Gasteiger partial charge is 0.497 e. The van der Waals surface area contributed by atoms with Gasteiger partial charge in [-0.1, -0.05) is 38.1 Å². The number of likely N-dealkylation sites (tertiary alicyclic amines) is 1. The maximum atomic E-state index is 14.1. The van der Waals surface area contributed by atoms with Crippen molar-refractivity contribution in [3.05, 3.63) is 112 Å². The van der Waals surface area contributed by atoms with Crippen molar-refractivity contribution in [3.63, 3.8) is 0 Å². The van der Waals surface area contributed by atoms with Gasteiger partial charge in [0.15, 0.2) is 0 Å². The van der Waals surface area contributed by atoms with Crippen LogP contribution in [0.5, 0.6) is 11.5 Å². The Morgan fingerprint density at radius 1 is 0.903 bits per heavy atom. The van der Waals surface area contributed by atoms with E-state index in [1.807, 2.05) is 68.4 Å². The molecular formula is C55H69N9O8. The number of urea groups is 1. The maximum Gasteiger partial charge on any atom is 0.322 e. The Labute approximate surface area is 422 Å². The number of carbonyl (C=O) groups is 5. The number of amides is 4. The normalized spacial score (nSPS) is 13.8. The number of fused-ring (bicyclic) bond motifs is 1. The second-order valence-electron chi connectivity index (χ2n) is 18.3. The molecule has 4 heterocycles. The van der Waals surface area contributed by atoms with Crippen molar-refractivity contribution >= 4 is 52.6 Å². The first-order valence-corrected chi connectivity index (χ1v) is 25.1. The minimum atomic E-state index is -0.418. The zero-order valence-corrected chi connectivity index (χ0v) is 42.3. The van der Waals surface area contributed by atoms with E-state index in [0.29, 0.717) is 77.0 Å². The van der Waals surface area contributed by atoms with Crippen LogP contribution in [0.3, 0.4) is 0 Å². The third-order valence-corrected chi connectivity index (χ3v) is 13.3. The second kappa shape index (κ2) is 25.7. The van der Waals surface area contributed by atoms with Gasteiger partial charge in [-0.05, 0) is 130 Å². The molecular weight excluding hydrogens is 915 g/mol. The van der Waals surface area contributed by atoms with Crippen LogP contribution in [-0.4, -0.2) is 132 Å². The first kappa shape index (κ1) is 52.6. The predicted molar refractivity (Wildman–Crippen MR) is 279 cm³/mol. The zero-order chi connectivity index (χ0) is 51.0. The molecule has 3 aromatic carbocycles. The lowest BCUT2D eigenvalue weighted by atomic mass is 9.98. The number of carbonyl (C=O) groups excluding carboxylic acids is 5. The number of aromatic nitrogens is 3. The van der Waals surface area contributed by atoms with Crippen LogP contribution in [0.15, 0.2) is 73.1 Å².